The number of para-hydroxylation sites is 1. The van der Waals surface area contributed by atoms with Crippen molar-refractivity contribution in [1.29, 1.82) is 0 Å². The van der Waals surface area contributed by atoms with Gasteiger partial charge < -0.3 is 20.4 Å². The third-order valence-electron chi connectivity index (χ3n) is 2.33. The highest BCUT2D eigenvalue weighted by molar-refractivity contribution is 5.55. The number of hydrogen-bond acceptors (Lipinski definition) is 8. The molecule has 2 rings (SSSR count). The van der Waals surface area contributed by atoms with Gasteiger partial charge in [-0.15, -0.1) is 0 Å². The van der Waals surface area contributed by atoms with Crippen molar-refractivity contribution in [3.63, 3.8) is 0 Å². The minimum absolute atomic E-state index is 0.241. The molecular formula is C12H10N2O8. The Balaban J connectivity index is 0.000000220. The summed E-state index contributed by atoms with van der Waals surface area (Å²) in [4.78, 5) is 18.6. The van der Waals surface area contributed by atoms with Gasteiger partial charge >= 0.3 is 11.4 Å². The van der Waals surface area contributed by atoms with Crippen LogP contribution >= 0.6 is 0 Å². The Labute approximate surface area is 122 Å². The molecule has 0 unspecified atom stereocenters. The van der Waals surface area contributed by atoms with E-state index in [4.69, 9.17) is 20.4 Å². The van der Waals surface area contributed by atoms with Gasteiger partial charge in [0.25, 0.3) is 0 Å². The Kier molecular flexibility index (Phi) is 5.06. The van der Waals surface area contributed by atoms with E-state index >= 15 is 0 Å². The normalized spacial score (nSPS) is 9.45. The van der Waals surface area contributed by atoms with E-state index in [1.54, 1.807) is 0 Å². The summed E-state index contributed by atoms with van der Waals surface area (Å²) in [7, 11) is 0. The SMILES string of the molecule is O=[N+]([O-])c1c(O)cccc1O.O=[N+]([O-])c1cc(O)ccc1O. The zero-order chi connectivity index (χ0) is 16.9. The minimum Gasteiger partial charge on any atom is -0.508 e. The first-order valence-corrected chi connectivity index (χ1v) is 5.55. The average Bonchev–Trinajstić information content (AvgIpc) is 2.41. The predicted octanol–water partition coefficient (Wildman–Crippen LogP) is 2.01. The summed E-state index contributed by atoms with van der Waals surface area (Å²) in [5.41, 5.74) is -1.16. The van der Waals surface area contributed by atoms with E-state index in [0.717, 1.165) is 24.3 Å². The lowest BCUT2D eigenvalue weighted by atomic mass is 10.3. The van der Waals surface area contributed by atoms with Crippen LogP contribution in [0.2, 0.25) is 0 Å². The first kappa shape index (κ1) is 16.5. The number of nitrogens with zero attached hydrogens (tertiary/aromatic N) is 2. The molecular weight excluding hydrogens is 300 g/mol. The molecule has 0 aromatic heterocycles. The van der Waals surface area contributed by atoms with Crippen LogP contribution in [-0.4, -0.2) is 30.3 Å². The van der Waals surface area contributed by atoms with Gasteiger partial charge in [-0.25, -0.2) is 0 Å². The van der Waals surface area contributed by atoms with Gasteiger partial charge in [0.15, 0.2) is 17.2 Å². The van der Waals surface area contributed by atoms with E-state index in [9.17, 15) is 20.2 Å². The van der Waals surface area contributed by atoms with E-state index in [0.29, 0.717) is 0 Å². The number of phenolic OH excluding ortho intramolecular Hbond substituents is 4. The van der Waals surface area contributed by atoms with E-state index in [2.05, 4.69) is 0 Å². The molecule has 0 aliphatic rings. The molecule has 22 heavy (non-hydrogen) atoms. The molecule has 0 aliphatic carbocycles. The third-order valence-corrected chi connectivity index (χ3v) is 2.33. The van der Waals surface area contributed by atoms with Crippen molar-refractivity contribution in [3.8, 4) is 23.0 Å². The van der Waals surface area contributed by atoms with E-state index in [1.165, 1.54) is 12.1 Å². The second kappa shape index (κ2) is 6.74. The molecule has 0 heterocycles. The molecule has 0 radical (unpaired) electrons. The summed E-state index contributed by atoms with van der Waals surface area (Å²) < 4.78 is 0. The highest BCUT2D eigenvalue weighted by atomic mass is 16.6. The smallest absolute Gasteiger partial charge is 0.351 e. The fourth-order valence-electron chi connectivity index (χ4n) is 1.36. The van der Waals surface area contributed by atoms with Gasteiger partial charge in [-0.2, -0.15) is 0 Å². The molecule has 10 heteroatoms. The molecule has 0 saturated heterocycles. The number of hydrogen-bond donors (Lipinski definition) is 4. The van der Waals surface area contributed by atoms with Gasteiger partial charge in [-0.3, -0.25) is 20.2 Å². The number of nitro groups is 2. The lowest BCUT2D eigenvalue weighted by Gasteiger charge is -1.95. The van der Waals surface area contributed by atoms with E-state index in [-0.39, 0.29) is 5.75 Å². The van der Waals surface area contributed by atoms with Gasteiger partial charge in [-0.1, -0.05) is 6.07 Å². The summed E-state index contributed by atoms with van der Waals surface area (Å²) in [6.45, 7) is 0. The Morgan fingerprint density at radius 1 is 0.773 bits per heavy atom. The van der Waals surface area contributed by atoms with Crippen molar-refractivity contribution in [3.05, 3.63) is 56.6 Å². The van der Waals surface area contributed by atoms with Gasteiger partial charge in [0.1, 0.15) is 5.75 Å². The summed E-state index contributed by atoms with van der Waals surface area (Å²) in [5.74, 6) is -1.76. The first-order chi connectivity index (χ1) is 10.2. The first-order valence-electron chi connectivity index (χ1n) is 5.55. The standard InChI is InChI=1S/2C6H5NO4/c8-4-1-2-6(9)5(3-4)7(10)11;8-4-2-1-3-5(9)6(4)7(10)11/h2*1-3,8-9H. The highest BCUT2D eigenvalue weighted by Gasteiger charge is 2.17. The molecule has 10 nitrogen and oxygen atoms in total. The Hall–Kier alpha value is -3.56. The van der Waals surface area contributed by atoms with Crippen molar-refractivity contribution in [2.45, 2.75) is 0 Å². The molecule has 0 aliphatic heterocycles. The maximum atomic E-state index is 10.1. The lowest BCUT2D eigenvalue weighted by Crippen LogP contribution is -1.88. The molecule has 0 bridgehead atoms. The number of aromatic hydroxyl groups is 4. The average molecular weight is 310 g/mol. The number of benzene rings is 2. The minimum atomic E-state index is -0.843. The highest BCUT2D eigenvalue weighted by Crippen LogP contribution is 2.33. The number of phenols is 4. The maximum absolute atomic E-state index is 10.1. The quantitative estimate of drug-likeness (QED) is 0.371. The lowest BCUT2D eigenvalue weighted by molar-refractivity contribution is -0.386. The molecule has 0 atom stereocenters. The van der Waals surface area contributed by atoms with Crippen LogP contribution in [0.5, 0.6) is 23.0 Å². The maximum Gasteiger partial charge on any atom is 0.351 e. The Morgan fingerprint density at radius 2 is 1.32 bits per heavy atom. The topological polar surface area (TPSA) is 167 Å². The fourth-order valence-corrected chi connectivity index (χ4v) is 1.36. The van der Waals surface area contributed by atoms with Crippen molar-refractivity contribution in [2.75, 3.05) is 0 Å². The van der Waals surface area contributed by atoms with Gasteiger partial charge in [0.2, 0.25) is 0 Å². The molecule has 4 N–H and O–H groups in total. The van der Waals surface area contributed by atoms with Crippen LogP contribution in [0.4, 0.5) is 11.4 Å². The Morgan fingerprint density at radius 3 is 1.68 bits per heavy atom. The van der Waals surface area contributed by atoms with Crippen LogP contribution in [0.3, 0.4) is 0 Å². The van der Waals surface area contributed by atoms with Crippen molar-refractivity contribution < 1.29 is 30.3 Å². The second-order valence-corrected chi connectivity index (χ2v) is 3.83. The van der Waals surface area contributed by atoms with Crippen molar-refractivity contribution in [2.24, 2.45) is 0 Å². The molecule has 2 aromatic rings. The summed E-state index contributed by atoms with van der Waals surface area (Å²) in [6.07, 6.45) is 0. The summed E-state index contributed by atoms with van der Waals surface area (Å²) >= 11 is 0. The van der Waals surface area contributed by atoms with Crippen LogP contribution in [0, 0.1) is 20.2 Å². The molecule has 0 saturated carbocycles. The Bertz CT molecular complexity index is 696. The molecule has 0 spiro atoms. The zero-order valence-corrected chi connectivity index (χ0v) is 10.8. The van der Waals surface area contributed by atoms with Crippen molar-refractivity contribution >= 4 is 11.4 Å². The van der Waals surface area contributed by atoms with Crippen LogP contribution in [-0.2, 0) is 0 Å². The van der Waals surface area contributed by atoms with Crippen LogP contribution in [0.25, 0.3) is 0 Å². The predicted molar refractivity (Wildman–Crippen MR) is 72.9 cm³/mol. The molecule has 0 amide bonds. The third kappa shape index (κ3) is 3.96. The van der Waals surface area contributed by atoms with Crippen LogP contribution in [0.15, 0.2) is 36.4 Å². The van der Waals surface area contributed by atoms with Gasteiger partial charge in [-0.05, 0) is 24.3 Å². The van der Waals surface area contributed by atoms with Gasteiger partial charge in [0.05, 0.1) is 15.9 Å². The van der Waals surface area contributed by atoms with Crippen LogP contribution in [0.1, 0.15) is 0 Å². The van der Waals surface area contributed by atoms with Gasteiger partial charge in [0, 0.05) is 0 Å². The fraction of sp³-hybridized carbons (Fsp3) is 0. The summed E-state index contributed by atoms with van der Waals surface area (Å²) in [5, 5.41) is 55.6. The zero-order valence-electron chi connectivity index (χ0n) is 10.8. The number of rotatable bonds is 2. The molecule has 2 aromatic carbocycles. The molecule has 116 valence electrons. The van der Waals surface area contributed by atoms with Crippen molar-refractivity contribution in [1.82, 2.24) is 0 Å². The van der Waals surface area contributed by atoms with Crippen LogP contribution < -0.4 is 0 Å². The second-order valence-electron chi connectivity index (χ2n) is 3.83. The monoisotopic (exact) mass is 310 g/mol. The molecule has 0 fully saturated rings. The number of nitro benzene ring substituents is 2. The van der Waals surface area contributed by atoms with E-state index in [1.807, 2.05) is 0 Å². The largest absolute Gasteiger partial charge is 0.508 e. The summed E-state index contributed by atoms with van der Waals surface area (Å²) in [6, 6.07) is 6.71. The van der Waals surface area contributed by atoms with E-state index < -0.39 is 38.5 Å².